The largest absolute Gasteiger partial charge is 0.353 e. The lowest BCUT2D eigenvalue weighted by atomic mass is 9.92. The fourth-order valence-electron chi connectivity index (χ4n) is 3.29. The van der Waals surface area contributed by atoms with Crippen molar-refractivity contribution in [3.8, 4) is 0 Å². The molecule has 0 spiro atoms. The normalized spacial score (nSPS) is 16.5. The van der Waals surface area contributed by atoms with Crippen LogP contribution in [0.5, 0.6) is 0 Å². The van der Waals surface area contributed by atoms with E-state index in [1.54, 1.807) is 13.0 Å². The quantitative estimate of drug-likeness (QED) is 0.556. The minimum Gasteiger partial charge on any atom is -0.353 e. The van der Waals surface area contributed by atoms with E-state index in [1.807, 2.05) is 0 Å². The Morgan fingerprint density at radius 3 is 2.30 bits per heavy atom. The van der Waals surface area contributed by atoms with Crippen LogP contribution < -0.4 is 10.2 Å². The van der Waals surface area contributed by atoms with E-state index in [9.17, 15) is 4.39 Å². The molecule has 4 rings (SSSR count). The van der Waals surface area contributed by atoms with Crippen LogP contribution in [0.3, 0.4) is 0 Å². The molecule has 5 nitrogen and oxygen atoms in total. The average Bonchev–Trinajstić information content (AvgIpc) is 2.67. The Morgan fingerprint density at radius 1 is 1.23 bits per heavy atom. The first-order valence-corrected chi connectivity index (χ1v) is 11.9. The van der Waals surface area contributed by atoms with E-state index in [0.29, 0.717) is 21.7 Å². The van der Waals surface area contributed by atoms with Gasteiger partial charge in [-0.3, -0.25) is 0 Å². The molecule has 1 aromatic heterocycles. The Balaban J connectivity index is 0.000000266. The molecule has 168 valence electrons. The highest BCUT2D eigenvalue weighted by Gasteiger charge is 2.20. The monoisotopic (exact) mass is 501 g/mol. The van der Waals surface area contributed by atoms with E-state index in [4.69, 9.17) is 11.6 Å². The molecule has 0 bridgehead atoms. The van der Waals surface area contributed by atoms with Crippen molar-refractivity contribution in [3.05, 3.63) is 27.2 Å². The van der Waals surface area contributed by atoms with Crippen LogP contribution in [0.1, 0.15) is 45.4 Å². The van der Waals surface area contributed by atoms with Crippen molar-refractivity contribution in [2.75, 3.05) is 45.2 Å². The zero-order valence-corrected chi connectivity index (χ0v) is 21.1. The van der Waals surface area contributed by atoms with Gasteiger partial charge in [0.25, 0.3) is 0 Å². The SMILES string of the molecule is CCC.CN(C)C1CCC1.Cc1nc(N2CCNCC2)c2cc(Cl)c(Br)c(F)c2n1. The summed E-state index contributed by atoms with van der Waals surface area (Å²) >= 11 is 9.22. The molecular weight excluding hydrogens is 469 g/mol. The molecular formula is C22H34BrClFN5. The molecule has 8 heteroatoms. The van der Waals surface area contributed by atoms with Crippen LogP contribution in [-0.2, 0) is 0 Å². The number of anilines is 1. The smallest absolute Gasteiger partial charge is 0.165 e. The standard InChI is InChI=1S/C13H13BrClFN4.C6H13N.C3H8/c1-7-18-12-8(6-9(15)10(14)11(12)16)13(19-7)20-4-2-17-3-5-20;1-7(2)6-4-3-5-6;1-3-2/h6,17H,2-5H2,1H3;6H,3-5H2,1-2H3;3H2,1-2H3. The van der Waals surface area contributed by atoms with E-state index in [2.05, 4.69) is 69.0 Å². The highest BCUT2D eigenvalue weighted by atomic mass is 79.9. The van der Waals surface area contributed by atoms with Gasteiger partial charge < -0.3 is 15.1 Å². The number of benzene rings is 1. The number of nitrogens with one attached hydrogen (secondary N) is 1. The second kappa shape index (κ2) is 12.1. The van der Waals surface area contributed by atoms with Crippen molar-refractivity contribution in [2.24, 2.45) is 0 Å². The van der Waals surface area contributed by atoms with Gasteiger partial charge in [-0.05, 0) is 55.9 Å². The number of halogens is 3. The first kappa shape index (κ1) is 25.2. The summed E-state index contributed by atoms with van der Waals surface area (Å²) in [6.07, 6.45) is 5.54. The van der Waals surface area contributed by atoms with Crippen LogP contribution in [0.25, 0.3) is 10.9 Å². The molecule has 1 aromatic carbocycles. The van der Waals surface area contributed by atoms with Crippen LogP contribution >= 0.6 is 27.5 Å². The zero-order valence-electron chi connectivity index (χ0n) is 18.7. The number of hydrogen-bond donors (Lipinski definition) is 1. The van der Waals surface area contributed by atoms with Crippen molar-refractivity contribution in [1.82, 2.24) is 20.2 Å². The fourth-order valence-corrected chi connectivity index (χ4v) is 3.78. The Kier molecular flexibility index (Phi) is 10.2. The predicted octanol–water partition coefficient (Wildman–Crippen LogP) is 5.42. The molecule has 2 aliphatic rings. The molecule has 0 radical (unpaired) electrons. The summed E-state index contributed by atoms with van der Waals surface area (Å²) in [5, 5.41) is 4.27. The molecule has 0 amide bonds. The molecule has 1 aliphatic carbocycles. The third-order valence-electron chi connectivity index (χ3n) is 5.14. The summed E-state index contributed by atoms with van der Waals surface area (Å²) in [6, 6.07) is 2.64. The number of piperazine rings is 1. The van der Waals surface area contributed by atoms with Crippen LogP contribution in [-0.4, -0.2) is 61.2 Å². The second-order valence-electron chi connectivity index (χ2n) is 7.97. The van der Waals surface area contributed by atoms with Gasteiger partial charge in [0.05, 0.1) is 9.50 Å². The molecule has 2 fully saturated rings. The van der Waals surface area contributed by atoms with Gasteiger partial charge in [0.15, 0.2) is 5.82 Å². The zero-order chi connectivity index (χ0) is 22.3. The number of fused-ring (bicyclic) bond motifs is 1. The summed E-state index contributed by atoms with van der Waals surface area (Å²) in [5.74, 6) is 0.871. The molecule has 1 aliphatic heterocycles. The van der Waals surface area contributed by atoms with Crippen LogP contribution in [0.2, 0.25) is 5.02 Å². The van der Waals surface area contributed by atoms with Crippen molar-refractivity contribution >= 4 is 44.3 Å². The van der Waals surface area contributed by atoms with Gasteiger partial charge in [-0.15, -0.1) is 0 Å². The van der Waals surface area contributed by atoms with Crippen LogP contribution in [0.15, 0.2) is 10.5 Å². The Hall–Kier alpha value is -1.02. The first-order chi connectivity index (χ1) is 14.3. The van der Waals surface area contributed by atoms with Gasteiger partial charge in [-0.25, -0.2) is 14.4 Å². The number of nitrogens with zero attached hydrogens (tertiary/aromatic N) is 4. The summed E-state index contributed by atoms with van der Waals surface area (Å²) in [6.45, 7) is 9.46. The maximum Gasteiger partial charge on any atom is 0.165 e. The van der Waals surface area contributed by atoms with Gasteiger partial charge in [-0.2, -0.15) is 0 Å². The Morgan fingerprint density at radius 2 is 1.83 bits per heavy atom. The molecule has 2 heterocycles. The van der Waals surface area contributed by atoms with Crippen LogP contribution in [0, 0.1) is 12.7 Å². The lowest BCUT2D eigenvalue weighted by molar-refractivity contribution is 0.193. The summed E-state index contributed by atoms with van der Waals surface area (Å²) in [4.78, 5) is 13.1. The molecule has 30 heavy (non-hydrogen) atoms. The number of aromatic nitrogens is 2. The number of hydrogen-bond acceptors (Lipinski definition) is 5. The van der Waals surface area contributed by atoms with Crippen LogP contribution in [0.4, 0.5) is 10.2 Å². The Bertz CT molecular complexity index is 823. The number of aryl methyl sites for hydroxylation is 1. The molecule has 1 saturated carbocycles. The highest BCUT2D eigenvalue weighted by Crippen LogP contribution is 2.35. The minimum absolute atomic E-state index is 0.246. The molecule has 1 N–H and O–H groups in total. The third kappa shape index (κ3) is 6.49. The van der Waals surface area contributed by atoms with Crippen molar-refractivity contribution < 1.29 is 4.39 Å². The lowest BCUT2D eigenvalue weighted by Crippen LogP contribution is -2.44. The van der Waals surface area contributed by atoms with E-state index in [0.717, 1.165) is 38.0 Å². The number of rotatable bonds is 2. The second-order valence-corrected chi connectivity index (χ2v) is 9.17. The summed E-state index contributed by atoms with van der Waals surface area (Å²) in [7, 11) is 4.31. The first-order valence-electron chi connectivity index (χ1n) is 10.7. The molecule has 0 unspecified atom stereocenters. The van der Waals surface area contributed by atoms with E-state index >= 15 is 0 Å². The maximum absolute atomic E-state index is 14.3. The van der Waals surface area contributed by atoms with E-state index < -0.39 is 5.82 Å². The summed E-state index contributed by atoms with van der Waals surface area (Å²) in [5.41, 5.74) is 0.308. The predicted molar refractivity (Wildman–Crippen MR) is 129 cm³/mol. The highest BCUT2D eigenvalue weighted by molar-refractivity contribution is 9.10. The van der Waals surface area contributed by atoms with Crippen molar-refractivity contribution in [3.63, 3.8) is 0 Å². The van der Waals surface area contributed by atoms with E-state index in [-0.39, 0.29) is 4.47 Å². The van der Waals surface area contributed by atoms with Crippen molar-refractivity contribution in [1.29, 1.82) is 0 Å². The minimum atomic E-state index is -0.436. The molecule has 2 aromatic rings. The maximum atomic E-state index is 14.3. The van der Waals surface area contributed by atoms with E-state index in [1.165, 1.54) is 25.7 Å². The topological polar surface area (TPSA) is 44.3 Å². The summed E-state index contributed by atoms with van der Waals surface area (Å²) < 4.78 is 14.6. The van der Waals surface area contributed by atoms with Gasteiger partial charge >= 0.3 is 0 Å². The molecule has 1 saturated heterocycles. The van der Waals surface area contributed by atoms with Gasteiger partial charge in [0.2, 0.25) is 0 Å². The average molecular weight is 503 g/mol. The Labute approximate surface area is 193 Å². The lowest BCUT2D eigenvalue weighted by Gasteiger charge is -2.31. The van der Waals surface area contributed by atoms with Gasteiger partial charge in [0, 0.05) is 37.6 Å². The van der Waals surface area contributed by atoms with Crippen molar-refractivity contribution in [2.45, 2.75) is 52.5 Å². The third-order valence-corrected chi connectivity index (χ3v) is 6.44. The fraction of sp³-hybridized carbons (Fsp3) is 0.636. The molecule has 0 atom stereocenters. The van der Waals surface area contributed by atoms with Gasteiger partial charge in [-0.1, -0.05) is 38.3 Å². The van der Waals surface area contributed by atoms with Gasteiger partial charge in [0.1, 0.15) is 17.2 Å².